The summed E-state index contributed by atoms with van der Waals surface area (Å²) >= 11 is 1.51. The van der Waals surface area contributed by atoms with Crippen LogP contribution in [0.2, 0.25) is 0 Å². The van der Waals surface area contributed by atoms with Crippen molar-refractivity contribution in [1.29, 1.82) is 0 Å². The Labute approximate surface area is 113 Å². The van der Waals surface area contributed by atoms with Gasteiger partial charge in [-0.05, 0) is 23.6 Å². The number of thiophene rings is 1. The summed E-state index contributed by atoms with van der Waals surface area (Å²) in [5.74, 6) is 0.514. The Balaban J connectivity index is 1.78. The highest BCUT2D eigenvalue weighted by molar-refractivity contribution is 7.16. The standard InChI is InChI=1S/C13H10N4OS/c18-13(16-9-4-2-1-3-5-9)17-11-10-6-7-19-12(10)15-8-14-11/h1-8H,(H2,14,15,16,17,18). The van der Waals surface area contributed by atoms with Crippen LogP contribution < -0.4 is 10.6 Å². The van der Waals surface area contributed by atoms with Crippen molar-refractivity contribution in [3.63, 3.8) is 0 Å². The average molecular weight is 270 g/mol. The van der Waals surface area contributed by atoms with E-state index in [9.17, 15) is 4.79 Å². The van der Waals surface area contributed by atoms with Gasteiger partial charge in [-0.3, -0.25) is 5.32 Å². The molecule has 2 N–H and O–H groups in total. The first-order chi connectivity index (χ1) is 9.33. The molecule has 0 aliphatic rings. The fourth-order valence-electron chi connectivity index (χ4n) is 1.68. The zero-order valence-electron chi connectivity index (χ0n) is 9.83. The molecule has 0 aliphatic carbocycles. The number of carbonyl (C=O) groups is 1. The molecule has 0 saturated heterocycles. The van der Waals surface area contributed by atoms with Crippen molar-refractivity contribution in [2.45, 2.75) is 0 Å². The minimum absolute atomic E-state index is 0.322. The fraction of sp³-hybridized carbons (Fsp3) is 0. The molecule has 2 heterocycles. The van der Waals surface area contributed by atoms with Crippen molar-refractivity contribution in [2.24, 2.45) is 0 Å². The minimum atomic E-state index is -0.322. The number of rotatable bonds is 2. The molecule has 2 amide bonds. The lowest BCUT2D eigenvalue weighted by molar-refractivity contribution is 0.262. The molecule has 0 aliphatic heterocycles. The molecule has 19 heavy (non-hydrogen) atoms. The maximum atomic E-state index is 11.9. The van der Waals surface area contributed by atoms with Crippen LogP contribution in [0.1, 0.15) is 0 Å². The Morgan fingerprint density at radius 2 is 1.89 bits per heavy atom. The third kappa shape index (κ3) is 2.53. The largest absolute Gasteiger partial charge is 0.324 e. The normalized spacial score (nSPS) is 10.3. The van der Waals surface area contributed by atoms with Crippen molar-refractivity contribution in [3.8, 4) is 0 Å². The summed E-state index contributed by atoms with van der Waals surface area (Å²) in [4.78, 5) is 20.9. The molecule has 3 rings (SSSR count). The number of carbonyl (C=O) groups excluding carboxylic acids is 1. The van der Waals surface area contributed by atoms with E-state index in [-0.39, 0.29) is 6.03 Å². The second-order valence-electron chi connectivity index (χ2n) is 3.81. The van der Waals surface area contributed by atoms with Gasteiger partial charge in [0.05, 0.1) is 5.39 Å². The number of benzene rings is 1. The summed E-state index contributed by atoms with van der Waals surface area (Å²) in [5, 5.41) is 8.22. The number of anilines is 2. The summed E-state index contributed by atoms with van der Waals surface area (Å²) < 4.78 is 0. The van der Waals surface area contributed by atoms with Crippen LogP contribution in [0.4, 0.5) is 16.3 Å². The van der Waals surface area contributed by atoms with Crippen LogP contribution in [0.3, 0.4) is 0 Å². The number of amides is 2. The van der Waals surface area contributed by atoms with E-state index in [1.54, 1.807) is 0 Å². The quantitative estimate of drug-likeness (QED) is 0.750. The second-order valence-corrected chi connectivity index (χ2v) is 4.70. The average Bonchev–Trinajstić information content (AvgIpc) is 2.89. The van der Waals surface area contributed by atoms with Crippen LogP contribution in [0, 0.1) is 0 Å². The smallest absolute Gasteiger partial charge is 0.308 e. The minimum Gasteiger partial charge on any atom is -0.308 e. The maximum absolute atomic E-state index is 11.9. The number of nitrogens with one attached hydrogen (secondary N) is 2. The summed E-state index contributed by atoms with van der Waals surface area (Å²) in [7, 11) is 0. The molecule has 2 aromatic heterocycles. The van der Waals surface area contributed by atoms with E-state index < -0.39 is 0 Å². The summed E-state index contributed by atoms with van der Waals surface area (Å²) in [6.07, 6.45) is 1.44. The van der Waals surface area contributed by atoms with Gasteiger partial charge in [0.1, 0.15) is 17.0 Å². The molecule has 0 radical (unpaired) electrons. The first-order valence-corrected chi connectivity index (χ1v) is 6.52. The van der Waals surface area contributed by atoms with Crippen molar-refractivity contribution < 1.29 is 4.79 Å². The fourth-order valence-corrected chi connectivity index (χ4v) is 2.41. The third-order valence-corrected chi connectivity index (χ3v) is 3.35. The van der Waals surface area contributed by atoms with Gasteiger partial charge in [-0.2, -0.15) is 0 Å². The van der Waals surface area contributed by atoms with E-state index in [0.717, 1.165) is 15.9 Å². The lowest BCUT2D eigenvalue weighted by Gasteiger charge is -2.07. The topological polar surface area (TPSA) is 66.9 Å². The number of urea groups is 1. The van der Waals surface area contributed by atoms with Crippen molar-refractivity contribution in [2.75, 3.05) is 10.6 Å². The molecule has 1 aromatic carbocycles. The van der Waals surface area contributed by atoms with E-state index in [0.29, 0.717) is 5.82 Å². The highest BCUT2D eigenvalue weighted by atomic mass is 32.1. The second kappa shape index (κ2) is 5.03. The zero-order chi connectivity index (χ0) is 13.1. The number of hydrogen-bond acceptors (Lipinski definition) is 4. The van der Waals surface area contributed by atoms with E-state index >= 15 is 0 Å². The highest BCUT2D eigenvalue weighted by Gasteiger charge is 2.08. The van der Waals surface area contributed by atoms with Crippen molar-refractivity contribution in [3.05, 3.63) is 48.1 Å². The van der Waals surface area contributed by atoms with E-state index in [1.165, 1.54) is 17.7 Å². The van der Waals surface area contributed by atoms with Gasteiger partial charge in [0.25, 0.3) is 0 Å². The number of nitrogens with zero attached hydrogens (tertiary/aromatic N) is 2. The molecule has 6 heteroatoms. The van der Waals surface area contributed by atoms with Gasteiger partial charge in [0, 0.05) is 5.69 Å². The Bertz CT molecular complexity index is 711. The Morgan fingerprint density at radius 1 is 1.05 bits per heavy atom. The van der Waals surface area contributed by atoms with Crippen LogP contribution in [-0.4, -0.2) is 16.0 Å². The van der Waals surface area contributed by atoms with Crippen LogP contribution in [0.25, 0.3) is 10.2 Å². The van der Waals surface area contributed by atoms with Gasteiger partial charge < -0.3 is 5.32 Å². The van der Waals surface area contributed by atoms with Gasteiger partial charge in [-0.15, -0.1) is 11.3 Å². The third-order valence-electron chi connectivity index (χ3n) is 2.53. The first kappa shape index (κ1) is 11.6. The summed E-state index contributed by atoms with van der Waals surface area (Å²) in [5.41, 5.74) is 0.732. The Morgan fingerprint density at radius 3 is 2.74 bits per heavy atom. The maximum Gasteiger partial charge on any atom is 0.324 e. The van der Waals surface area contributed by atoms with Crippen LogP contribution in [0.5, 0.6) is 0 Å². The number of aromatic nitrogens is 2. The monoisotopic (exact) mass is 270 g/mol. The zero-order valence-corrected chi connectivity index (χ0v) is 10.6. The molecule has 0 fully saturated rings. The van der Waals surface area contributed by atoms with Gasteiger partial charge in [-0.25, -0.2) is 14.8 Å². The first-order valence-electron chi connectivity index (χ1n) is 5.64. The molecule has 0 saturated carbocycles. The molecular formula is C13H10N4OS. The molecule has 0 unspecified atom stereocenters. The Kier molecular flexibility index (Phi) is 3.07. The number of fused-ring (bicyclic) bond motifs is 1. The highest BCUT2D eigenvalue weighted by Crippen LogP contribution is 2.23. The molecular weight excluding hydrogens is 260 g/mol. The molecule has 94 valence electrons. The molecule has 0 bridgehead atoms. The van der Waals surface area contributed by atoms with Gasteiger partial charge in [0.2, 0.25) is 0 Å². The van der Waals surface area contributed by atoms with Crippen LogP contribution >= 0.6 is 11.3 Å². The molecule has 0 spiro atoms. The molecule has 0 atom stereocenters. The van der Waals surface area contributed by atoms with Gasteiger partial charge in [-0.1, -0.05) is 18.2 Å². The lowest BCUT2D eigenvalue weighted by Crippen LogP contribution is -2.20. The van der Waals surface area contributed by atoms with Crippen LogP contribution in [-0.2, 0) is 0 Å². The summed E-state index contributed by atoms with van der Waals surface area (Å²) in [6.45, 7) is 0. The van der Waals surface area contributed by atoms with E-state index in [1.807, 2.05) is 41.8 Å². The van der Waals surface area contributed by atoms with E-state index in [4.69, 9.17) is 0 Å². The van der Waals surface area contributed by atoms with Gasteiger partial charge in [0.15, 0.2) is 0 Å². The van der Waals surface area contributed by atoms with Crippen molar-refractivity contribution in [1.82, 2.24) is 9.97 Å². The SMILES string of the molecule is O=C(Nc1ccccc1)Nc1ncnc2sccc12. The van der Waals surface area contributed by atoms with Gasteiger partial charge >= 0.3 is 6.03 Å². The molecule has 3 aromatic rings. The predicted molar refractivity (Wildman–Crippen MR) is 76.5 cm³/mol. The van der Waals surface area contributed by atoms with E-state index in [2.05, 4.69) is 20.6 Å². The number of para-hydroxylation sites is 1. The van der Waals surface area contributed by atoms with Crippen LogP contribution in [0.15, 0.2) is 48.1 Å². The molecule has 5 nitrogen and oxygen atoms in total. The number of hydrogen-bond donors (Lipinski definition) is 2. The predicted octanol–water partition coefficient (Wildman–Crippen LogP) is 3.34. The lowest BCUT2D eigenvalue weighted by atomic mass is 10.3. The Hall–Kier alpha value is -2.47. The summed E-state index contributed by atoms with van der Waals surface area (Å²) in [6, 6.07) is 10.8. The van der Waals surface area contributed by atoms with Crippen molar-refractivity contribution >= 4 is 39.1 Å².